The molecule has 4 aromatic carbocycles. The summed E-state index contributed by atoms with van der Waals surface area (Å²) in [5.74, 6) is 0.337. The van der Waals surface area contributed by atoms with Crippen molar-refractivity contribution >= 4 is 47.8 Å². The summed E-state index contributed by atoms with van der Waals surface area (Å²) in [6.45, 7) is 0. The van der Waals surface area contributed by atoms with Crippen molar-refractivity contribution in [1.82, 2.24) is 0 Å². The molecule has 0 heterocycles. The van der Waals surface area contributed by atoms with Crippen molar-refractivity contribution in [2.45, 2.75) is 0 Å². The summed E-state index contributed by atoms with van der Waals surface area (Å²) < 4.78 is 0. The molecule has 0 radical (unpaired) electrons. The van der Waals surface area contributed by atoms with Gasteiger partial charge in [-0.2, -0.15) is 20.4 Å². The van der Waals surface area contributed by atoms with E-state index in [4.69, 9.17) is 25.3 Å². The van der Waals surface area contributed by atoms with Gasteiger partial charge in [0.25, 0.3) is 0 Å². The van der Waals surface area contributed by atoms with E-state index in [-0.39, 0.29) is 28.0 Å². The number of hydrogen-bond donors (Lipinski definition) is 2. The van der Waals surface area contributed by atoms with E-state index in [1.165, 1.54) is 12.4 Å². The fourth-order valence-corrected chi connectivity index (χ4v) is 3.12. The molecule has 0 aromatic heterocycles. The van der Waals surface area contributed by atoms with Crippen molar-refractivity contribution in [2.24, 2.45) is 20.4 Å². The van der Waals surface area contributed by atoms with Crippen molar-refractivity contribution in [2.75, 3.05) is 0 Å². The second-order valence-corrected chi connectivity index (χ2v) is 7.92. The third kappa shape index (κ3) is 9.93. The van der Waals surface area contributed by atoms with Crippen LogP contribution in [-0.4, -0.2) is 32.7 Å². The van der Waals surface area contributed by atoms with E-state index >= 15 is 0 Å². The predicted octanol–water partition coefficient (Wildman–Crippen LogP) is 5.44. The number of benzene rings is 4. The van der Waals surface area contributed by atoms with Crippen LogP contribution in [-0.2, 0) is 41.7 Å². The van der Waals surface area contributed by atoms with Crippen molar-refractivity contribution in [1.29, 1.82) is 0 Å². The van der Waals surface area contributed by atoms with Crippen LogP contribution in [0.1, 0.15) is 22.3 Å². The molecule has 0 amide bonds. The zero-order valence-corrected chi connectivity index (χ0v) is 22.0. The van der Waals surface area contributed by atoms with Crippen LogP contribution in [0.3, 0.4) is 0 Å². The minimum Gasteiger partial charge on any atom is -0.758 e. The molecule has 0 atom stereocenters. The smallest absolute Gasteiger partial charge is 0.758 e. The first kappa shape index (κ1) is 29.3. The number of para-hydroxylation sites is 2. The largest absolute Gasteiger partial charge is 2.00 e. The Kier molecular flexibility index (Phi) is 12.6. The standard InChI is InChI=1S/2C14H12N2OS.Ni/c2*17-13-9-5-4-8-12(13)10-15-16-14(18)11-6-2-1-3-7-11;/h2*1-10,17H,(H,16,18);/q;;+2/p-2/b15-10+;15-10-;. The maximum absolute atomic E-state index is 9.53. The van der Waals surface area contributed by atoms with Gasteiger partial charge in [0, 0.05) is 11.1 Å². The summed E-state index contributed by atoms with van der Waals surface area (Å²) in [4.78, 5) is 0. The van der Waals surface area contributed by atoms with Gasteiger partial charge in [-0.25, -0.2) is 0 Å². The van der Waals surface area contributed by atoms with E-state index in [0.29, 0.717) is 21.2 Å². The van der Waals surface area contributed by atoms with Gasteiger partial charge < -0.3 is 35.5 Å². The third-order valence-electron chi connectivity index (χ3n) is 4.61. The molecule has 9 heteroatoms. The van der Waals surface area contributed by atoms with Gasteiger partial charge in [0.1, 0.15) is 11.5 Å². The van der Waals surface area contributed by atoms with E-state index in [9.17, 15) is 10.2 Å². The van der Waals surface area contributed by atoms with Gasteiger partial charge in [-0.05, 0) is 35.4 Å². The first-order valence-corrected chi connectivity index (χ1v) is 11.6. The molecular weight excluding hydrogens is 547 g/mol. The molecule has 188 valence electrons. The van der Waals surface area contributed by atoms with Gasteiger partial charge >= 0.3 is 16.5 Å². The predicted molar refractivity (Wildman–Crippen MR) is 152 cm³/mol. The number of aromatic hydroxyl groups is 2. The zero-order chi connectivity index (χ0) is 25.6. The maximum atomic E-state index is 9.53. The number of nitrogens with zero attached hydrogens (tertiary/aromatic N) is 4. The molecule has 37 heavy (non-hydrogen) atoms. The van der Waals surface area contributed by atoms with Crippen LogP contribution in [0.5, 0.6) is 11.5 Å². The summed E-state index contributed by atoms with van der Waals surface area (Å²) in [6, 6.07) is 32.7. The van der Waals surface area contributed by atoms with E-state index in [0.717, 1.165) is 11.1 Å². The number of hydrogen-bond acceptors (Lipinski definition) is 8. The van der Waals surface area contributed by atoms with Gasteiger partial charge in [0.05, 0.1) is 12.4 Å². The Bertz CT molecular complexity index is 1270. The number of phenolic OH excluding ortho intramolecular Hbond substituents is 2. The van der Waals surface area contributed by atoms with Crippen LogP contribution in [0.15, 0.2) is 130 Å². The molecule has 4 aromatic rings. The normalized spacial score (nSPS) is 11.6. The molecule has 0 aliphatic heterocycles. The fourth-order valence-electron chi connectivity index (χ4n) is 2.76. The summed E-state index contributed by atoms with van der Waals surface area (Å²) in [5, 5.41) is 35.5. The van der Waals surface area contributed by atoms with E-state index in [2.05, 4.69) is 20.4 Å². The van der Waals surface area contributed by atoms with Crippen LogP contribution in [0.25, 0.3) is 0 Å². The SMILES string of the molecule is Oc1ccccc1/C=N/N=C(\[S-])c1ccccc1.Oc1ccccc1/C=N\N=C(/[S-])c1ccccc1.[Ni+2]. The summed E-state index contributed by atoms with van der Waals surface area (Å²) in [6.07, 6.45) is 2.95. The Morgan fingerprint density at radius 2 is 0.838 bits per heavy atom. The van der Waals surface area contributed by atoms with Crippen LogP contribution < -0.4 is 0 Å². The molecule has 0 aliphatic carbocycles. The Morgan fingerprint density at radius 3 is 1.19 bits per heavy atom. The summed E-state index contributed by atoms with van der Waals surface area (Å²) in [7, 11) is 0. The van der Waals surface area contributed by atoms with E-state index < -0.39 is 0 Å². The molecule has 4 rings (SSSR count). The Hall–Kier alpha value is -3.91. The van der Waals surface area contributed by atoms with Crippen LogP contribution in [0.2, 0.25) is 0 Å². The minimum atomic E-state index is 0. The molecule has 6 nitrogen and oxygen atoms in total. The van der Waals surface area contributed by atoms with Crippen LogP contribution in [0.4, 0.5) is 0 Å². The van der Waals surface area contributed by atoms with Gasteiger partial charge in [0.2, 0.25) is 0 Å². The zero-order valence-electron chi connectivity index (χ0n) is 19.4. The van der Waals surface area contributed by atoms with Crippen LogP contribution in [0, 0.1) is 0 Å². The van der Waals surface area contributed by atoms with Crippen molar-refractivity contribution in [3.05, 3.63) is 131 Å². The first-order chi connectivity index (χ1) is 17.5. The van der Waals surface area contributed by atoms with Crippen molar-refractivity contribution in [3.63, 3.8) is 0 Å². The average Bonchev–Trinajstić information content (AvgIpc) is 2.92. The quantitative estimate of drug-likeness (QED) is 0.107. The Labute approximate surface area is 237 Å². The first-order valence-electron chi connectivity index (χ1n) is 10.8. The Balaban J connectivity index is 0.000000253. The van der Waals surface area contributed by atoms with Gasteiger partial charge in [-0.1, -0.05) is 95.0 Å². The summed E-state index contributed by atoms with van der Waals surface area (Å²) >= 11 is 10.3. The van der Waals surface area contributed by atoms with E-state index in [1.54, 1.807) is 36.4 Å². The molecule has 0 fully saturated rings. The Morgan fingerprint density at radius 1 is 0.514 bits per heavy atom. The van der Waals surface area contributed by atoms with Crippen LogP contribution >= 0.6 is 0 Å². The number of rotatable bonds is 6. The monoisotopic (exact) mass is 568 g/mol. The topological polar surface area (TPSA) is 89.9 Å². The van der Waals surface area contributed by atoms with Gasteiger partial charge in [-0.3, -0.25) is 0 Å². The third-order valence-corrected chi connectivity index (χ3v) is 5.24. The second kappa shape index (κ2) is 16.0. The fraction of sp³-hybridized carbons (Fsp3) is 0. The molecule has 0 bridgehead atoms. The van der Waals surface area contributed by atoms with Crippen molar-refractivity contribution in [3.8, 4) is 11.5 Å². The minimum absolute atomic E-state index is 0. The molecule has 0 unspecified atom stereocenters. The molecule has 0 saturated heterocycles. The molecule has 0 aliphatic rings. The maximum Gasteiger partial charge on any atom is 2.00 e. The molecule has 0 saturated carbocycles. The molecular formula is C28H22N4NiO2S2. The van der Waals surface area contributed by atoms with Crippen molar-refractivity contribution < 1.29 is 26.7 Å². The van der Waals surface area contributed by atoms with Gasteiger partial charge in [0.15, 0.2) is 0 Å². The van der Waals surface area contributed by atoms with E-state index in [1.807, 2.05) is 72.8 Å². The average molecular weight is 569 g/mol. The van der Waals surface area contributed by atoms with Gasteiger partial charge in [-0.15, -0.1) is 0 Å². The summed E-state index contributed by atoms with van der Waals surface area (Å²) in [5.41, 5.74) is 2.91. The molecule has 2 N–H and O–H groups in total. The second-order valence-electron chi connectivity index (χ2n) is 7.15. The number of phenols is 2. The molecule has 0 spiro atoms.